The number of benzene rings is 2. The lowest BCUT2D eigenvalue weighted by molar-refractivity contribution is 0.799. The van der Waals surface area contributed by atoms with Gasteiger partial charge in [-0.25, -0.2) is 0 Å². The van der Waals surface area contributed by atoms with Crippen LogP contribution in [0.3, 0.4) is 0 Å². The fourth-order valence-corrected chi connectivity index (χ4v) is 3.15. The monoisotopic (exact) mass is 396 g/mol. The number of hydrazone groups is 1. The minimum absolute atomic E-state index is 0.458. The maximum absolute atomic E-state index is 6.06. The molecule has 0 fully saturated rings. The summed E-state index contributed by atoms with van der Waals surface area (Å²) in [5.41, 5.74) is 7.19. The molecule has 0 bridgehead atoms. The average molecular weight is 397 g/mol. The largest absolute Gasteiger partial charge is 0.342 e. The van der Waals surface area contributed by atoms with E-state index >= 15 is 0 Å². The first kappa shape index (κ1) is 19.1. The Bertz CT molecular complexity index is 949. The molecule has 0 aliphatic heterocycles. The summed E-state index contributed by atoms with van der Waals surface area (Å²) in [5, 5.41) is 8.64. The van der Waals surface area contributed by atoms with Crippen LogP contribution in [-0.4, -0.2) is 15.9 Å². The van der Waals surface area contributed by atoms with Gasteiger partial charge in [0.15, 0.2) is 5.11 Å². The van der Waals surface area contributed by atoms with Crippen LogP contribution in [-0.2, 0) is 13.0 Å². The second-order valence-electron chi connectivity index (χ2n) is 6.03. The summed E-state index contributed by atoms with van der Waals surface area (Å²) in [5.74, 6) is 0. The van der Waals surface area contributed by atoms with Crippen molar-refractivity contribution in [1.82, 2.24) is 9.99 Å². The van der Waals surface area contributed by atoms with Crippen molar-refractivity contribution in [2.24, 2.45) is 5.10 Å². The van der Waals surface area contributed by atoms with E-state index in [0.717, 1.165) is 34.9 Å². The molecule has 1 aromatic heterocycles. The molecule has 2 N–H and O–H groups in total. The quantitative estimate of drug-likeness (QED) is 0.347. The lowest BCUT2D eigenvalue weighted by Gasteiger charge is -2.11. The van der Waals surface area contributed by atoms with E-state index in [-0.39, 0.29) is 0 Å². The molecule has 0 spiro atoms. The van der Waals surface area contributed by atoms with Crippen molar-refractivity contribution >= 4 is 40.8 Å². The molecule has 0 saturated heterocycles. The highest BCUT2D eigenvalue weighted by atomic mass is 35.5. The van der Waals surface area contributed by atoms with Gasteiger partial charge in [-0.05, 0) is 60.1 Å². The van der Waals surface area contributed by atoms with Gasteiger partial charge in [0.05, 0.1) is 11.9 Å². The van der Waals surface area contributed by atoms with Crippen molar-refractivity contribution in [3.63, 3.8) is 0 Å². The predicted molar refractivity (Wildman–Crippen MR) is 118 cm³/mol. The second-order valence-corrected chi connectivity index (χ2v) is 6.87. The maximum Gasteiger partial charge on any atom is 0.191 e. The molecule has 0 aliphatic rings. The van der Waals surface area contributed by atoms with E-state index in [0.29, 0.717) is 5.11 Å². The van der Waals surface area contributed by atoms with Crippen LogP contribution in [0.2, 0.25) is 5.02 Å². The van der Waals surface area contributed by atoms with Crippen molar-refractivity contribution in [2.45, 2.75) is 19.9 Å². The van der Waals surface area contributed by atoms with Gasteiger partial charge in [-0.3, -0.25) is 5.43 Å². The van der Waals surface area contributed by atoms with Crippen molar-refractivity contribution < 1.29 is 0 Å². The first-order valence-electron chi connectivity index (χ1n) is 8.73. The third-order valence-corrected chi connectivity index (χ3v) is 4.54. The molecular weight excluding hydrogens is 376 g/mol. The topological polar surface area (TPSA) is 41.4 Å². The number of halogens is 1. The summed E-state index contributed by atoms with van der Waals surface area (Å²) in [6, 6.07) is 19.9. The third kappa shape index (κ3) is 5.42. The number of nitrogens with one attached hydrogen (secondary N) is 2. The van der Waals surface area contributed by atoms with Gasteiger partial charge in [-0.15, -0.1) is 0 Å². The number of nitrogens with zero attached hydrogens (tertiary/aromatic N) is 2. The lowest BCUT2D eigenvalue weighted by Crippen LogP contribution is -2.24. The van der Waals surface area contributed by atoms with Crippen LogP contribution in [0.5, 0.6) is 0 Å². The Morgan fingerprint density at radius 2 is 2.00 bits per heavy atom. The van der Waals surface area contributed by atoms with E-state index in [2.05, 4.69) is 39.5 Å². The maximum atomic E-state index is 6.06. The zero-order chi connectivity index (χ0) is 19.1. The Morgan fingerprint density at radius 3 is 2.81 bits per heavy atom. The number of hydrogen-bond donors (Lipinski definition) is 2. The minimum atomic E-state index is 0.458. The second kappa shape index (κ2) is 9.35. The van der Waals surface area contributed by atoms with Crippen molar-refractivity contribution in [3.05, 3.63) is 88.7 Å². The van der Waals surface area contributed by atoms with E-state index in [1.165, 1.54) is 5.56 Å². The van der Waals surface area contributed by atoms with Crippen molar-refractivity contribution in [1.29, 1.82) is 0 Å². The number of aromatic nitrogens is 1. The Labute approximate surface area is 169 Å². The van der Waals surface area contributed by atoms with Crippen LogP contribution in [0.15, 0.2) is 72.0 Å². The lowest BCUT2D eigenvalue weighted by atomic mass is 10.1. The van der Waals surface area contributed by atoms with Gasteiger partial charge in [-0.1, -0.05) is 48.9 Å². The van der Waals surface area contributed by atoms with E-state index in [4.69, 9.17) is 23.8 Å². The number of thiocarbonyl (C=S) groups is 1. The van der Waals surface area contributed by atoms with Crippen LogP contribution in [0.1, 0.15) is 23.7 Å². The fourth-order valence-electron chi connectivity index (χ4n) is 2.78. The molecule has 27 heavy (non-hydrogen) atoms. The number of rotatable bonds is 6. The number of hydrogen-bond acceptors (Lipinski definition) is 2. The van der Waals surface area contributed by atoms with Crippen LogP contribution in [0, 0.1) is 0 Å². The fraction of sp³-hybridized carbons (Fsp3) is 0.143. The van der Waals surface area contributed by atoms with Gasteiger partial charge in [0.2, 0.25) is 0 Å². The van der Waals surface area contributed by atoms with Gasteiger partial charge < -0.3 is 9.88 Å². The predicted octanol–water partition coefficient (Wildman–Crippen LogP) is 5.07. The smallest absolute Gasteiger partial charge is 0.191 e. The van der Waals surface area contributed by atoms with Crippen LogP contribution >= 0.6 is 23.8 Å². The summed E-state index contributed by atoms with van der Waals surface area (Å²) in [4.78, 5) is 0. The zero-order valence-corrected chi connectivity index (χ0v) is 16.6. The summed E-state index contributed by atoms with van der Waals surface area (Å²) < 4.78 is 2.10. The zero-order valence-electron chi connectivity index (χ0n) is 15.0. The highest BCUT2D eigenvalue weighted by molar-refractivity contribution is 7.80. The highest BCUT2D eigenvalue weighted by Gasteiger charge is 2.03. The van der Waals surface area contributed by atoms with Gasteiger partial charge in [0, 0.05) is 23.5 Å². The molecule has 3 aromatic rings. The molecule has 0 amide bonds. The Hall–Kier alpha value is -2.63. The van der Waals surface area contributed by atoms with Gasteiger partial charge >= 0.3 is 0 Å². The van der Waals surface area contributed by atoms with Crippen LogP contribution < -0.4 is 10.7 Å². The molecule has 3 rings (SSSR count). The SMILES string of the molecule is CCc1ccccc1NC(=S)NN=Cc1cccn1Cc1cccc(Cl)c1. The summed E-state index contributed by atoms with van der Waals surface area (Å²) in [7, 11) is 0. The summed E-state index contributed by atoms with van der Waals surface area (Å²) in [6.45, 7) is 2.84. The van der Waals surface area contributed by atoms with Crippen LogP contribution in [0.4, 0.5) is 5.69 Å². The average Bonchev–Trinajstić information content (AvgIpc) is 3.09. The van der Waals surface area contributed by atoms with Gasteiger partial charge in [0.25, 0.3) is 0 Å². The molecular formula is C21H21ClN4S. The molecule has 6 heteroatoms. The first-order valence-corrected chi connectivity index (χ1v) is 9.52. The Morgan fingerprint density at radius 1 is 1.15 bits per heavy atom. The standard InChI is InChI=1S/C21H21ClN4S/c1-2-17-8-3-4-11-20(17)24-21(27)25-23-14-19-10-6-12-26(19)15-16-7-5-9-18(22)13-16/h3-14H,2,15H2,1H3,(H2,24,25,27). The van der Waals surface area contributed by atoms with Gasteiger partial charge in [-0.2, -0.15) is 5.10 Å². The molecule has 0 radical (unpaired) electrons. The molecule has 0 atom stereocenters. The summed E-state index contributed by atoms with van der Waals surface area (Å²) >= 11 is 11.4. The highest BCUT2D eigenvalue weighted by Crippen LogP contribution is 2.15. The van der Waals surface area contributed by atoms with E-state index in [9.17, 15) is 0 Å². The third-order valence-electron chi connectivity index (χ3n) is 4.12. The molecule has 0 unspecified atom stereocenters. The van der Waals surface area contributed by atoms with E-state index in [1.807, 2.05) is 54.7 Å². The molecule has 138 valence electrons. The van der Waals surface area contributed by atoms with Crippen molar-refractivity contribution in [3.8, 4) is 0 Å². The molecule has 2 aromatic carbocycles. The Balaban J connectivity index is 1.60. The number of anilines is 1. The molecule has 4 nitrogen and oxygen atoms in total. The van der Waals surface area contributed by atoms with Gasteiger partial charge in [0.1, 0.15) is 0 Å². The van der Waals surface area contributed by atoms with Crippen LogP contribution in [0.25, 0.3) is 0 Å². The van der Waals surface area contributed by atoms with E-state index < -0.39 is 0 Å². The summed E-state index contributed by atoms with van der Waals surface area (Å²) in [6.07, 6.45) is 4.70. The minimum Gasteiger partial charge on any atom is -0.342 e. The molecule has 0 saturated carbocycles. The normalized spacial score (nSPS) is 10.9. The first-order chi connectivity index (χ1) is 13.2. The number of para-hydroxylation sites is 1. The molecule has 1 heterocycles. The molecule has 0 aliphatic carbocycles. The van der Waals surface area contributed by atoms with Crippen molar-refractivity contribution in [2.75, 3.05) is 5.32 Å². The Kier molecular flexibility index (Phi) is 6.63. The number of aryl methyl sites for hydroxylation is 1. The van der Waals surface area contributed by atoms with E-state index in [1.54, 1.807) is 6.21 Å².